The molecule has 8 heteroatoms. The van der Waals surface area contributed by atoms with Gasteiger partial charge in [0.05, 0.1) is 12.6 Å². The lowest BCUT2D eigenvalue weighted by Gasteiger charge is -2.27. The van der Waals surface area contributed by atoms with Crippen LogP contribution in [0.3, 0.4) is 0 Å². The van der Waals surface area contributed by atoms with Gasteiger partial charge in [-0.15, -0.1) is 0 Å². The van der Waals surface area contributed by atoms with Gasteiger partial charge in [-0.25, -0.2) is 0 Å². The molecule has 2 aliphatic rings. The van der Waals surface area contributed by atoms with Crippen LogP contribution in [0.1, 0.15) is 35.1 Å². The smallest absolute Gasteiger partial charge is 0.253 e. The Bertz CT molecular complexity index is 1280. The molecule has 0 aliphatic carbocycles. The van der Waals surface area contributed by atoms with Gasteiger partial charge < -0.3 is 29.4 Å². The van der Waals surface area contributed by atoms with Crippen molar-refractivity contribution in [3.05, 3.63) is 69.0 Å². The maximum absolute atomic E-state index is 13.0. The predicted octanol–water partition coefficient (Wildman–Crippen LogP) is 3.93. The molecule has 178 valence electrons. The van der Waals surface area contributed by atoms with E-state index in [4.69, 9.17) is 26.4 Å². The molecule has 3 aromatic rings. The van der Waals surface area contributed by atoms with E-state index in [0.717, 1.165) is 58.5 Å². The van der Waals surface area contributed by atoms with E-state index in [0.29, 0.717) is 30.3 Å². The Morgan fingerprint density at radius 2 is 2.00 bits per heavy atom. The number of aromatic amines is 1. The molecule has 1 saturated heterocycles. The van der Waals surface area contributed by atoms with Crippen molar-refractivity contribution in [3.8, 4) is 11.5 Å². The summed E-state index contributed by atoms with van der Waals surface area (Å²) in [5, 5.41) is 4.99. The first-order valence-electron chi connectivity index (χ1n) is 11.6. The van der Waals surface area contributed by atoms with Crippen LogP contribution in [-0.4, -0.2) is 41.0 Å². The molecule has 3 heterocycles. The molecule has 1 atom stereocenters. The molecule has 1 fully saturated rings. The van der Waals surface area contributed by atoms with Gasteiger partial charge in [0.2, 0.25) is 6.79 Å². The van der Waals surface area contributed by atoms with Gasteiger partial charge in [0.15, 0.2) is 16.6 Å². The number of rotatable bonds is 6. The third-order valence-electron chi connectivity index (χ3n) is 6.35. The topological polar surface area (TPSA) is 75.8 Å². The van der Waals surface area contributed by atoms with Gasteiger partial charge in [-0.3, -0.25) is 4.79 Å². The molecule has 7 nitrogen and oxygen atoms in total. The fraction of sp³-hybridized carbons (Fsp3) is 0.385. The Kier molecular flexibility index (Phi) is 6.43. The summed E-state index contributed by atoms with van der Waals surface area (Å²) in [5.41, 5.74) is 4.70. The highest BCUT2D eigenvalue weighted by Gasteiger charge is 2.20. The lowest BCUT2D eigenvalue weighted by atomic mass is 10.0. The van der Waals surface area contributed by atoms with Crippen LogP contribution in [0, 0.1) is 13.8 Å². The summed E-state index contributed by atoms with van der Waals surface area (Å²) in [6, 6.07) is 12.0. The molecule has 0 radical (unpaired) electrons. The van der Waals surface area contributed by atoms with Crippen molar-refractivity contribution >= 4 is 28.2 Å². The molecule has 0 bridgehead atoms. The molecular formula is C26H29N3O4S. The highest BCUT2D eigenvalue weighted by molar-refractivity contribution is 7.80. The Morgan fingerprint density at radius 1 is 1.15 bits per heavy atom. The molecule has 2 aromatic carbocycles. The fourth-order valence-electron chi connectivity index (χ4n) is 4.62. The summed E-state index contributed by atoms with van der Waals surface area (Å²) in [6.07, 6.45) is 2.27. The first-order valence-corrected chi connectivity index (χ1v) is 12.0. The van der Waals surface area contributed by atoms with Gasteiger partial charge in [-0.1, -0.05) is 12.1 Å². The Hall–Kier alpha value is -3.10. The van der Waals surface area contributed by atoms with Crippen molar-refractivity contribution in [2.45, 2.75) is 45.9 Å². The van der Waals surface area contributed by atoms with E-state index in [-0.39, 0.29) is 18.5 Å². The SMILES string of the molecule is Cc1cc(C)c2cc(CN(Cc3ccc4c(c3)OCO4)C(=S)NC[C@@H]3CCCO3)c(=O)[nH]c2c1. The van der Waals surface area contributed by atoms with Crippen LogP contribution < -0.4 is 20.3 Å². The number of hydrogen-bond acceptors (Lipinski definition) is 5. The number of ether oxygens (including phenoxy) is 3. The third-order valence-corrected chi connectivity index (χ3v) is 6.76. The van der Waals surface area contributed by atoms with Crippen molar-refractivity contribution in [2.75, 3.05) is 19.9 Å². The Balaban J connectivity index is 1.41. The van der Waals surface area contributed by atoms with E-state index < -0.39 is 0 Å². The number of aromatic nitrogens is 1. The van der Waals surface area contributed by atoms with E-state index in [9.17, 15) is 4.79 Å². The summed E-state index contributed by atoms with van der Waals surface area (Å²) in [7, 11) is 0. The van der Waals surface area contributed by atoms with Crippen molar-refractivity contribution < 1.29 is 14.2 Å². The Morgan fingerprint density at radius 3 is 2.82 bits per heavy atom. The van der Waals surface area contributed by atoms with Crippen LogP contribution in [-0.2, 0) is 17.8 Å². The second-order valence-corrected chi connectivity index (χ2v) is 9.42. The number of thiocarbonyl (C=S) groups is 1. The van der Waals surface area contributed by atoms with Gasteiger partial charge in [0.1, 0.15) is 0 Å². The van der Waals surface area contributed by atoms with Crippen LogP contribution in [0.15, 0.2) is 41.2 Å². The minimum Gasteiger partial charge on any atom is -0.454 e. The molecule has 34 heavy (non-hydrogen) atoms. The van der Waals surface area contributed by atoms with Crippen molar-refractivity contribution in [1.29, 1.82) is 0 Å². The quantitative estimate of drug-likeness (QED) is 0.519. The van der Waals surface area contributed by atoms with E-state index in [1.165, 1.54) is 0 Å². The average molecular weight is 480 g/mol. The first kappa shape index (κ1) is 22.7. The number of aryl methyl sites for hydroxylation is 2. The third kappa shape index (κ3) is 4.88. The van der Waals surface area contributed by atoms with Crippen LogP contribution in [0.4, 0.5) is 0 Å². The zero-order chi connectivity index (χ0) is 23.7. The Labute approximate surface area is 204 Å². The van der Waals surface area contributed by atoms with E-state index >= 15 is 0 Å². The zero-order valence-electron chi connectivity index (χ0n) is 19.5. The second-order valence-electron chi connectivity index (χ2n) is 9.03. The van der Waals surface area contributed by atoms with Crippen LogP contribution in [0.5, 0.6) is 11.5 Å². The highest BCUT2D eigenvalue weighted by Crippen LogP contribution is 2.33. The molecule has 5 rings (SSSR count). The maximum atomic E-state index is 13.0. The number of fused-ring (bicyclic) bond motifs is 2. The van der Waals surface area contributed by atoms with Crippen LogP contribution in [0.25, 0.3) is 10.9 Å². The van der Waals surface area contributed by atoms with Crippen molar-refractivity contribution in [3.63, 3.8) is 0 Å². The monoisotopic (exact) mass is 479 g/mol. The van der Waals surface area contributed by atoms with Gasteiger partial charge in [0, 0.05) is 36.2 Å². The molecule has 0 amide bonds. The summed E-state index contributed by atoms with van der Waals surface area (Å²) >= 11 is 5.78. The molecule has 0 saturated carbocycles. The van der Waals surface area contributed by atoms with Crippen molar-refractivity contribution in [1.82, 2.24) is 15.2 Å². The molecule has 0 spiro atoms. The van der Waals surface area contributed by atoms with E-state index in [2.05, 4.69) is 23.3 Å². The summed E-state index contributed by atoms with van der Waals surface area (Å²) in [6.45, 7) is 6.69. The largest absolute Gasteiger partial charge is 0.454 e. The number of H-pyrrole nitrogens is 1. The standard InChI is InChI=1S/C26H29N3O4S/c1-16-8-17(2)21-11-19(25(30)28-22(21)9-16)14-29(26(34)27-12-20-4-3-7-31-20)13-18-5-6-23-24(10-18)33-15-32-23/h5-6,8-11,20H,3-4,7,12-15H2,1-2H3,(H,27,34)(H,28,30)/t20-/m0/s1. The predicted molar refractivity (Wildman–Crippen MR) is 135 cm³/mol. The minimum absolute atomic E-state index is 0.102. The minimum atomic E-state index is -0.102. The van der Waals surface area contributed by atoms with Gasteiger partial charge in [-0.05, 0) is 79.9 Å². The lowest BCUT2D eigenvalue weighted by molar-refractivity contribution is 0.113. The number of nitrogens with zero attached hydrogens (tertiary/aromatic N) is 1. The first-order chi connectivity index (χ1) is 16.5. The second kappa shape index (κ2) is 9.64. The van der Waals surface area contributed by atoms with Gasteiger partial charge in [0.25, 0.3) is 5.56 Å². The van der Waals surface area contributed by atoms with Crippen LogP contribution >= 0.6 is 12.2 Å². The number of pyridine rings is 1. The molecule has 0 unspecified atom stereocenters. The lowest BCUT2D eigenvalue weighted by Crippen LogP contribution is -2.42. The highest BCUT2D eigenvalue weighted by atomic mass is 32.1. The zero-order valence-corrected chi connectivity index (χ0v) is 20.3. The van der Waals surface area contributed by atoms with Gasteiger partial charge in [-0.2, -0.15) is 0 Å². The average Bonchev–Trinajstić information content (AvgIpc) is 3.49. The molecular weight excluding hydrogens is 450 g/mol. The van der Waals surface area contributed by atoms with Crippen molar-refractivity contribution in [2.24, 2.45) is 0 Å². The van der Waals surface area contributed by atoms with E-state index in [1.807, 2.05) is 42.2 Å². The summed E-state index contributed by atoms with van der Waals surface area (Å²) in [4.78, 5) is 18.1. The van der Waals surface area contributed by atoms with Gasteiger partial charge >= 0.3 is 0 Å². The summed E-state index contributed by atoms with van der Waals surface area (Å²) in [5.74, 6) is 1.47. The molecule has 2 N–H and O–H groups in total. The molecule has 2 aliphatic heterocycles. The fourth-order valence-corrected chi connectivity index (χ4v) is 4.83. The van der Waals surface area contributed by atoms with E-state index in [1.54, 1.807) is 0 Å². The van der Waals surface area contributed by atoms with Crippen LogP contribution in [0.2, 0.25) is 0 Å². The number of hydrogen-bond donors (Lipinski definition) is 2. The molecule has 1 aromatic heterocycles. The number of benzene rings is 2. The number of nitrogens with one attached hydrogen (secondary N) is 2. The maximum Gasteiger partial charge on any atom is 0.253 e. The summed E-state index contributed by atoms with van der Waals surface area (Å²) < 4.78 is 16.7. The normalized spacial score (nSPS) is 16.7.